The van der Waals surface area contributed by atoms with Crippen molar-refractivity contribution in [3.05, 3.63) is 47.0 Å². The molecule has 1 aliphatic rings. The number of para-hydroxylation sites is 1. The molecular weight excluding hydrogens is 337 g/mol. The van der Waals surface area contributed by atoms with Crippen molar-refractivity contribution < 1.29 is 18.7 Å². The number of rotatable bonds is 5. The molecule has 6 nitrogen and oxygen atoms in total. The summed E-state index contributed by atoms with van der Waals surface area (Å²) in [5, 5.41) is 4.53. The first kappa shape index (κ1) is 18.5. The van der Waals surface area contributed by atoms with Crippen molar-refractivity contribution in [1.29, 1.82) is 0 Å². The van der Waals surface area contributed by atoms with Crippen LogP contribution in [-0.2, 0) is 14.3 Å². The van der Waals surface area contributed by atoms with Crippen LogP contribution in [0.15, 0.2) is 24.3 Å². The Kier molecular flexibility index (Phi) is 5.68. The summed E-state index contributed by atoms with van der Waals surface area (Å²) < 4.78 is 26.5. The minimum absolute atomic E-state index is 0.0255. The smallest absolute Gasteiger partial charge is 0.225 e. The van der Waals surface area contributed by atoms with Gasteiger partial charge in [-0.1, -0.05) is 12.1 Å². The molecule has 2 heterocycles. The Morgan fingerprint density at radius 1 is 1.38 bits per heavy atom. The maximum Gasteiger partial charge on any atom is 0.225 e. The first-order valence-electron chi connectivity index (χ1n) is 8.71. The zero-order valence-corrected chi connectivity index (χ0v) is 15.4. The molecule has 1 atom stereocenters. The molecule has 0 saturated carbocycles. The van der Waals surface area contributed by atoms with Crippen LogP contribution in [0.1, 0.15) is 29.4 Å². The average molecular weight is 361 g/mol. The normalized spacial score (nSPS) is 17.5. The molecule has 1 aromatic heterocycles. The molecule has 0 N–H and O–H groups in total. The van der Waals surface area contributed by atoms with Crippen LogP contribution in [0.4, 0.5) is 4.39 Å². The number of halogens is 1. The minimum atomic E-state index is -0.336. The third-order valence-electron chi connectivity index (χ3n) is 4.73. The Hall–Kier alpha value is -2.25. The molecule has 2 aromatic rings. The van der Waals surface area contributed by atoms with Crippen LogP contribution in [0.5, 0.6) is 0 Å². The van der Waals surface area contributed by atoms with E-state index < -0.39 is 0 Å². The van der Waals surface area contributed by atoms with E-state index in [1.165, 1.54) is 6.07 Å². The first-order valence-corrected chi connectivity index (χ1v) is 8.71. The number of ether oxygens (including phenoxy) is 2. The van der Waals surface area contributed by atoms with Crippen LogP contribution < -0.4 is 0 Å². The molecule has 0 spiro atoms. The zero-order valence-electron chi connectivity index (χ0n) is 15.4. The van der Waals surface area contributed by atoms with E-state index in [1.54, 1.807) is 30.0 Å². The summed E-state index contributed by atoms with van der Waals surface area (Å²) in [5.74, 6) is -0.310. The number of aryl methyl sites for hydroxylation is 1. The number of morpholine rings is 1. The fourth-order valence-electron chi connectivity index (χ4n) is 3.47. The maximum absolute atomic E-state index is 14.2. The van der Waals surface area contributed by atoms with Crippen LogP contribution in [0.3, 0.4) is 0 Å². The van der Waals surface area contributed by atoms with Crippen molar-refractivity contribution in [2.24, 2.45) is 0 Å². The van der Waals surface area contributed by atoms with E-state index in [2.05, 4.69) is 5.10 Å². The van der Waals surface area contributed by atoms with E-state index >= 15 is 0 Å². The maximum atomic E-state index is 14.2. The van der Waals surface area contributed by atoms with Gasteiger partial charge in [0.15, 0.2) is 0 Å². The van der Waals surface area contributed by atoms with Gasteiger partial charge in [0.1, 0.15) is 11.5 Å². The zero-order chi connectivity index (χ0) is 18.7. The summed E-state index contributed by atoms with van der Waals surface area (Å²) >= 11 is 0. The molecule has 1 saturated heterocycles. The summed E-state index contributed by atoms with van der Waals surface area (Å²) in [6.07, 6.45) is 0.326. The third-order valence-corrected chi connectivity index (χ3v) is 4.73. The lowest BCUT2D eigenvalue weighted by Crippen LogP contribution is -2.44. The monoisotopic (exact) mass is 361 g/mol. The van der Waals surface area contributed by atoms with E-state index in [9.17, 15) is 9.18 Å². The fourth-order valence-corrected chi connectivity index (χ4v) is 3.47. The highest BCUT2D eigenvalue weighted by Crippen LogP contribution is 2.31. The van der Waals surface area contributed by atoms with Crippen molar-refractivity contribution in [3.63, 3.8) is 0 Å². The Morgan fingerprint density at radius 3 is 2.88 bits per heavy atom. The lowest BCUT2D eigenvalue weighted by molar-refractivity contribution is -0.141. The summed E-state index contributed by atoms with van der Waals surface area (Å²) in [6.45, 7) is 5.60. The van der Waals surface area contributed by atoms with Gasteiger partial charge in [-0.25, -0.2) is 9.07 Å². The molecular formula is C19H24FN3O3. The molecule has 1 fully saturated rings. The van der Waals surface area contributed by atoms with Crippen molar-refractivity contribution in [1.82, 2.24) is 14.7 Å². The molecule has 7 heteroatoms. The van der Waals surface area contributed by atoms with Gasteiger partial charge in [0.25, 0.3) is 0 Å². The molecule has 140 valence electrons. The largest absolute Gasteiger partial charge is 0.384 e. The molecule has 26 heavy (non-hydrogen) atoms. The number of hydrogen-bond acceptors (Lipinski definition) is 4. The first-order chi connectivity index (χ1) is 12.5. The summed E-state index contributed by atoms with van der Waals surface area (Å²) in [5.41, 5.74) is 2.89. The number of hydrogen-bond donors (Lipinski definition) is 0. The lowest BCUT2D eigenvalue weighted by Gasteiger charge is -2.36. The quantitative estimate of drug-likeness (QED) is 0.821. The van der Waals surface area contributed by atoms with Crippen molar-refractivity contribution in [2.45, 2.75) is 26.3 Å². The molecule has 0 aliphatic carbocycles. The SMILES string of the molecule is COCCC(=O)N1CCOC[C@H]1c1c(C)nn(-c2ccccc2F)c1C. The van der Waals surface area contributed by atoms with Gasteiger partial charge in [-0.2, -0.15) is 5.10 Å². The molecule has 0 bridgehead atoms. The summed E-state index contributed by atoms with van der Waals surface area (Å²) in [6, 6.07) is 6.30. The number of aromatic nitrogens is 2. The van der Waals surface area contributed by atoms with Crippen LogP contribution in [0, 0.1) is 19.7 Å². The number of carbonyl (C=O) groups is 1. The second-order valence-corrected chi connectivity index (χ2v) is 6.37. The predicted octanol–water partition coefficient (Wildman–Crippen LogP) is 2.56. The molecule has 0 radical (unpaired) electrons. The molecule has 1 aliphatic heterocycles. The van der Waals surface area contributed by atoms with Crippen molar-refractivity contribution >= 4 is 5.91 Å². The van der Waals surface area contributed by atoms with E-state index in [-0.39, 0.29) is 17.8 Å². The Balaban J connectivity index is 1.97. The topological polar surface area (TPSA) is 56.6 Å². The number of methoxy groups -OCH3 is 1. The fraction of sp³-hybridized carbons (Fsp3) is 0.474. The Morgan fingerprint density at radius 2 is 2.15 bits per heavy atom. The van der Waals surface area contributed by atoms with E-state index in [4.69, 9.17) is 9.47 Å². The van der Waals surface area contributed by atoms with Gasteiger partial charge in [0.05, 0.1) is 38.0 Å². The third kappa shape index (κ3) is 3.50. The number of carbonyl (C=O) groups excluding carboxylic acids is 1. The van der Waals surface area contributed by atoms with Gasteiger partial charge in [-0.3, -0.25) is 4.79 Å². The lowest BCUT2D eigenvalue weighted by atomic mass is 10.0. The Bertz CT molecular complexity index is 790. The predicted molar refractivity (Wildman–Crippen MR) is 94.8 cm³/mol. The van der Waals surface area contributed by atoms with Crippen molar-refractivity contribution in [3.8, 4) is 5.69 Å². The molecule has 3 rings (SSSR count). The standard InChI is InChI=1S/C19H24FN3O3/c1-13-19(14(2)23(21-13)16-7-5-4-6-15(16)20)17-12-26-11-9-22(17)18(24)8-10-25-3/h4-7,17H,8-12H2,1-3H3/t17-/m0/s1. The van der Waals surface area contributed by atoms with Gasteiger partial charge < -0.3 is 14.4 Å². The van der Waals surface area contributed by atoms with E-state index in [0.29, 0.717) is 38.5 Å². The Labute approximate surface area is 152 Å². The van der Waals surface area contributed by atoms with Gasteiger partial charge in [0.2, 0.25) is 5.91 Å². The van der Waals surface area contributed by atoms with Crippen LogP contribution in [-0.4, -0.2) is 54.1 Å². The number of amides is 1. The highest BCUT2D eigenvalue weighted by Gasteiger charge is 2.32. The molecule has 0 unspecified atom stereocenters. The van der Waals surface area contributed by atoms with Crippen molar-refractivity contribution in [2.75, 3.05) is 33.5 Å². The minimum Gasteiger partial charge on any atom is -0.384 e. The summed E-state index contributed by atoms with van der Waals surface area (Å²) in [7, 11) is 1.58. The van der Waals surface area contributed by atoms with Gasteiger partial charge in [0, 0.05) is 24.9 Å². The van der Waals surface area contributed by atoms with Gasteiger partial charge in [-0.15, -0.1) is 0 Å². The van der Waals surface area contributed by atoms with Gasteiger partial charge in [-0.05, 0) is 26.0 Å². The highest BCUT2D eigenvalue weighted by atomic mass is 19.1. The van der Waals surface area contributed by atoms with Crippen LogP contribution >= 0.6 is 0 Å². The second-order valence-electron chi connectivity index (χ2n) is 6.37. The van der Waals surface area contributed by atoms with Gasteiger partial charge >= 0.3 is 0 Å². The van der Waals surface area contributed by atoms with Crippen LogP contribution in [0.25, 0.3) is 5.69 Å². The number of nitrogens with zero attached hydrogens (tertiary/aromatic N) is 3. The second kappa shape index (κ2) is 7.97. The highest BCUT2D eigenvalue weighted by molar-refractivity contribution is 5.77. The molecule has 1 aromatic carbocycles. The summed E-state index contributed by atoms with van der Waals surface area (Å²) in [4.78, 5) is 14.4. The molecule has 1 amide bonds. The van der Waals surface area contributed by atoms with E-state index in [0.717, 1.165) is 17.0 Å². The van der Waals surface area contributed by atoms with Crippen LogP contribution in [0.2, 0.25) is 0 Å². The van der Waals surface area contributed by atoms with E-state index in [1.807, 2.05) is 18.7 Å². The average Bonchev–Trinajstić information content (AvgIpc) is 2.94. The number of benzene rings is 1.